The molecule has 0 fully saturated rings. The SMILES string of the molecule is CCNC(Cc1nc(C)c(C)s1)C(C)S(C)(=O)=O. The lowest BCUT2D eigenvalue weighted by molar-refractivity contribution is 0.493. The summed E-state index contributed by atoms with van der Waals surface area (Å²) in [6.07, 6.45) is 1.96. The summed E-state index contributed by atoms with van der Waals surface area (Å²) in [4.78, 5) is 5.68. The van der Waals surface area contributed by atoms with Crippen LogP contribution in [0.5, 0.6) is 0 Å². The molecule has 1 N–H and O–H groups in total. The molecule has 4 nitrogen and oxygen atoms in total. The summed E-state index contributed by atoms with van der Waals surface area (Å²) in [6.45, 7) is 8.53. The first-order valence-corrected chi connectivity index (χ1v) is 8.88. The summed E-state index contributed by atoms with van der Waals surface area (Å²) in [5.41, 5.74) is 1.04. The zero-order chi connectivity index (χ0) is 13.9. The number of aryl methyl sites for hydroxylation is 2. The molecule has 2 atom stereocenters. The molecule has 0 aliphatic rings. The van der Waals surface area contributed by atoms with Crippen molar-refractivity contribution in [2.45, 2.75) is 45.4 Å². The van der Waals surface area contributed by atoms with E-state index < -0.39 is 15.1 Å². The molecule has 6 heteroatoms. The monoisotopic (exact) mass is 290 g/mol. The van der Waals surface area contributed by atoms with E-state index in [2.05, 4.69) is 10.3 Å². The molecule has 0 aromatic carbocycles. The number of thiazole rings is 1. The van der Waals surface area contributed by atoms with E-state index in [1.807, 2.05) is 20.8 Å². The van der Waals surface area contributed by atoms with Gasteiger partial charge in [-0.05, 0) is 27.3 Å². The summed E-state index contributed by atoms with van der Waals surface area (Å²) in [5, 5.41) is 3.86. The second-order valence-electron chi connectivity index (χ2n) is 4.65. The highest BCUT2D eigenvalue weighted by atomic mass is 32.2. The highest BCUT2D eigenvalue weighted by molar-refractivity contribution is 7.91. The number of rotatable bonds is 6. The number of aromatic nitrogens is 1. The van der Waals surface area contributed by atoms with Crippen molar-refractivity contribution in [3.63, 3.8) is 0 Å². The van der Waals surface area contributed by atoms with Crippen LogP contribution in [0.2, 0.25) is 0 Å². The van der Waals surface area contributed by atoms with Gasteiger partial charge in [-0.25, -0.2) is 13.4 Å². The zero-order valence-electron chi connectivity index (χ0n) is 11.6. The minimum absolute atomic E-state index is 0.0741. The van der Waals surface area contributed by atoms with E-state index in [0.29, 0.717) is 6.42 Å². The fraction of sp³-hybridized carbons (Fsp3) is 0.750. The lowest BCUT2D eigenvalue weighted by atomic mass is 10.1. The Morgan fingerprint density at radius 3 is 2.39 bits per heavy atom. The molecule has 0 saturated carbocycles. The van der Waals surface area contributed by atoms with E-state index in [1.54, 1.807) is 18.3 Å². The van der Waals surface area contributed by atoms with Crippen LogP contribution >= 0.6 is 11.3 Å². The van der Waals surface area contributed by atoms with E-state index in [0.717, 1.165) is 17.2 Å². The van der Waals surface area contributed by atoms with Gasteiger partial charge in [0.25, 0.3) is 0 Å². The second-order valence-corrected chi connectivity index (χ2v) is 8.34. The van der Waals surface area contributed by atoms with Gasteiger partial charge in [0.2, 0.25) is 0 Å². The maximum absolute atomic E-state index is 11.7. The number of hydrogen-bond donors (Lipinski definition) is 1. The maximum atomic E-state index is 11.7. The van der Waals surface area contributed by atoms with E-state index in [1.165, 1.54) is 11.1 Å². The molecule has 1 heterocycles. The maximum Gasteiger partial charge on any atom is 0.151 e. The van der Waals surface area contributed by atoms with Crippen LogP contribution in [0.25, 0.3) is 0 Å². The van der Waals surface area contributed by atoms with E-state index >= 15 is 0 Å². The molecule has 0 radical (unpaired) electrons. The van der Waals surface area contributed by atoms with Gasteiger partial charge < -0.3 is 5.32 Å². The largest absolute Gasteiger partial charge is 0.313 e. The molecule has 0 amide bonds. The van der Waals surface area contributed by atoms with Crippen LogP contribution in [0.3, 0.4) is 0 Å². The van der Waals surface area contributed by atoms with Crippen LogP contribution in [0.15, 0.2) is 0 Å². The number of nitrogens with one attached hydrogen (secondary N) is 1. The zero-order valence-corrected chi connectivity index (χ0v) is 13.3. The Kier molecular flexibility index (Phi) is 5.31. The fourth-order valence-electron chi connectivity index (χ4n) is 1.78. The van der Waals surface area contributed by atoms with Crippen LogP contribution in [0.1, 0.15) is 29.4 Å². The van der Waals surface area contributed by atoms with Crippen LogP contribution in [0.4, 0.5) is 0 Å². The van der Waals surface area contributed by atoms with Gasteiger partial charge in [0.15, 0.2) is 9.84 Å². The minimum Gasteiger partial charge on any atom is -0.313 e. The van der Waals surface area contributed by atoms with Crippen molar-refractivity contribution in [3.05, 3.63) is 15.6 Å². The van der Waals surface area contributed by atoms with Gasteiger partial charge in [0.05, 0.1) is 16.0 Å². The lowest BCUT2D eigenvalue weighted by Crippen LogP contribution is -2.43. The van der Waals surface area contributed by atoms with Crippen LogP contribution < -0.4 is 5.32 Å². The molecule has 0 bridgehead atoms. The standard InChI is InChI=1S/C12H22N2O2S2/c1-6-13-11(10(4)18(5,15)16)7-12-14-8(2)9(3)17-12/h10-11,13H,6-7H2,1-5H3. The first-order valence-electron chi connectivity index (χ1n) is 6.10. The molecule has 2 unspecified atom stereocenters. The van der Waals surface area contributed by atoms with E-state index in [-0.39, 0.29) is 6.04 Å². The molecule has 1 rings (SSSR count). The number of hydrogen-bond acceptors (Lipinski definition) is 5. The third-order valence-corrected chi connectivity index (χ3v) is 5.95. The van der Waals surface area contributed by atoms with Gasteiger partial charge in [-0.1, -0.05) is 6.92 Å². The summed E-state index contributed by atoms with van der Waals surface area (Å²) in [5.74, 6) is 0. The lowest BCUT2D eigenvalue weighted by Gasteiger charge is -2.22. The highest BCUT2D eigenvalue weighted by Gasteiger charge is 2.26. The fourth-order valence-corrected chi connectivity index (χ4v) is 3.56. The Balaban J connectivity index is 2.86. The van der Waals surface area contributed by atoms with Gasteiger partial charge in [-0.2, -0.15) is 0 Å². The van der Waals surface area contributed by atoms with Crippen LogP contribution in [-0.4, -0.2) is 37.5 Å². The Labute approximate surface area is 114 Å². The molecule has 0 aliphatic carbocycles. The Hall–Kier alpha value is -0.460. The molecule has 1 aromatic heterocycles. The normalized spacial score (nSPS) is 15.6. The topological polar surface area (TPSA) is 59.1 Å². The van der Waals surface area contributed by atoms with Gasteiger partial charge in [0, 0.05) is 23.6 Å². The van der Waals surface area contributed by atoms with Crippen molar-refractivity contribution in [1.82, 2.24) is 10.3 Å². The molecule has 0 spiro atoms. The van der Waals surface area contributed by atoms with Crippen molar-refractivity contribution in [2.24, 2.45) is 0 Å². The quantitative estimate of drug-likeness (QED) is 0.866. The molecule has 0 saturated heterocycles. The van der Waals surface area contributed by atoms with Crippen molar-refractivity contribution in [3.8, 4) is 0 Å². The summed E-state index contributed by atoms with van der Waals surface area (Å²) in [6, 6.07) is -0.0741. The molecular weight excluding hydrogens is 268 g/mol. The predicted octanol–water partition coefficient (Wildman–Crippen LogP) is 1.71. The van der Waals surface area contributed by atoms with E-state index in [9.17, 15) is 8.42 Å². The number of sulfone groups is 1. The minimum atomic E-state index is -3.03. The summed E-state index contributed by atoms with van der Waals surface area (Å²) < 4.78 is 23.3. The van der Waals surface area contributed by atoms with Crippen molar-refractivity contribution in [2.75, 3.05) is 12.8 Å². The van der Waals surface area contributed by atoms with Gasteiger partial charge in [-0.3, -0.25) is 0 Å². The molecule has 1 aromatic rings. The van der Waals surface area contributed by atoms with E-state index in [4.69, 9.17) is 0 Å². The molecule has 18 heavy (non-hydrogen) atoms. The van der Waals surface area contributed by atoms with Crippen molar-refractivity contribution < 1.29 is 8.42 Å². The average molecular weight is 290 g/mol. The van der Waals surface area contributed by atoms with Crippen LogP contribution in [0, 0.1) is 13.8 Å². The molecule has 104 valence electrons. The molecular formula is C12H22N2O2S2. The Bertz CT molecular complexity index is 475. The van der Waals surface area contributed by atoms with Crippen molar-refractivity contribution >= 4 is 21.2 Å². The smallest absolute Gasteiger partial charge is 0.151 e. The average Bonchev–Trinajstić information content (AvgIpc) is 2.55. The third kappa shape index (κ3) is 4.03. The summed E-state index contributed by atoms with van der Waals surface area (Å²) >= 11 is 1.65. The first kappa shape index (κ1) is 15.6. The highest BCUT2D eigenvalue weighted by Crippen LogP contribution is 2.19. The second kappa shape index (κ2) is 6.12. The van der Waals surface area contributed by atoms with Crippen LogP contribution in [-0.2, 0) is 16.3 Å². The predicted molar refractivity (Wildman–Crippen MR) is 77.1 cm³/mol. The Morgan fingerprint density at radius 1 is 1.39 bits per heavy atom. The van der Waals surface area contributed by atoms with Gasteiger partial charge >= 0.3 is 0 Å². The molecule has 0 aliphatic heterocycles. The van der Waals surface area contributed by atoms with Gasteiger partial charge in [-0.15, -0.1) is 11.3 Å². The summed E-state index contributed by atoms with van der Waals surface area (Å²) in [7, 11) is -3.03. The number of likely N-dealkylation sites (N-methyl/N-ethyl adjacent to an activating group) is 1. The third-order valence-electron chi connectivity index (χ3n) is 3.18. The number of nitrogens with zero attached hydrogens (tertiary/aromatic N) is 1. The van der Waals surface area contributed by atoms with Crippen molar-refractivity contribution in [1.29, 1.82) is 0 Å². The first-order chi connectivity index (χ1) is 8.25. The Morgan fingerprint density at radius 2 is 2.00 bits per heavy atom. The van der Waals surface area contributed by atoms with Gasteiger partial charge in [0.1, 0.15) is 0 Å².